The number of thiazole rings is 1. The van der Waals surface area contributed by atoms with Gasteiger partial charge in [-0.25, -0.2) is 4.98 Å². The maximum atomic E-state index is 9.03. The lowest BCUT2D eigenvalue weighted by atomic mass is 10.0. The SMILES string of the molecule is COc1ccc(-c2csc(CO)n2)c(C)c1C. The molecule has 0 amide bonds. The van der Waals surface area contributed by atoms with Crippen molar-refractivity contribution in [2.45, 2.75) is 20.5 Å². The van der Waals surface area contributed by atoms with Crippen molar-refractivity contribution >= 4 is 11.3 Å². The van der Waals surface area contributed by atoms with Gasteiger partial charge in [0, 0.05) is 10.9 Å². The first-order valence-corrected chi connectivity index (χ1v) is 6.25. The Morgan fingerprint density at radius 3 is 2.65 bits per heavy atom. The second-order valence-corrected chi connectivity index (χ2v) is 4.79. The highest BCUT2D eigenvalue weighted by molar-refractivity contribution is 7.09. The van der Waals surface area contributed by atoms with Crippen LogP contribution in [0.2, 0.25) is 0 Å². The van der Waals surface area contributed by atoms with Crippen molar-refractivity contribution in [2.24, 2.45) is 0 Å². The first kappa shape index (κ1) is 12.1. The van der Waals surface area contributed by atoms with Crippen LogP contribution >= 0.6 is 11.3 Å². The third-order valence-corrected chi connectivity index (χ3v) is 3.75. The van der Waals surface area contributed by atoms with Crippen LogP contribution in [0.3, 0.4) is 0 Å². The second-order valence-electron chi connectivity index (χ2n) is 3.85. The number of hydrogen-bond donors (Lipinski definition) is 1. The normalized spacial score (nSPS) is 10.6. The van der Waals surface area contributed by atoms with Gasteiger partial charge in [0.25, 0.3) is 0 Å². The van der Waals surface area contributed by atoms with E-state index in [1.54, 1.807) is 7.11 Å². The highest BCUT2D eigenvalue weighted by Gasteiger charge is 2.11. The first-order chi connectivity index (χ1) is 8.17. The van der Waals surface area contributed by atoms with Crippen LogP contribution in [0.5, 0.6) is 5.75 Å². The number of aromatic nitrogens is 1. The molecule has 1 aromatic carbocycles. The fourth-order valence-electron chi connectivity index (χ4n) is 1.80. The zero-order valence-corrected chi connectivity index (χ0v) is 11.0. The quantitative estimate of drug-likeness (QED) is 0.909. The topological polar surface area (TPSA) is 42.4 Å². The van der Waals surface area contributed by atoms with Gasteiger partial charge in [-0.3, -0.25) is 0 Å². The van der Waals surface area contributed by atoms with Crippen molar-refractivity contribution in [2.75, 3.05) is 7.11 Å². The first-order valence-electron chi connectivity index (χ1n) is 5.37. The summed E-state index contributed by atoms with van der Waals surface area (Å²) in [4.78, 5) is 4.38. The van der Waals surface area contributed by atoms with Gasteiger partial charge in [-0.15, -0.1) is 11.3 Å². The van der Waals surface area contributed by atoms with E-state index >= 15 is 0 Å². The lowest BCUT2D eigenvalue weighted by molar-refractivity contribution is 0.281. The summed E-state index contributed by atoms with van der Waals surface area (Å²) in [6.45, 7) is 4.10. The summed E-state index contributed by atoms with van der Waals surface area (Å²) in [6, 6.07) is 3.97. The Hall–Kier alpha value is -1.39. The number of hydrogen-bond acceptors (Lipinski definition) is 4. The number of ether oxygens (including phenoxy) is 1. The summed E-state index contributed by atoms with van der Waals surface area (Å²) >= 11 is 1.48. The van der Waals surface area contributed by atoms with Crippen LogP contribution < -0.4 is 4.74 Å². The monoisotopic (exact) mass is 249 g/mol. The minimum Gasteiger partial charge on any atom is -0.496 e. The molecule has 0 aliphatic carbocycles. The second kappa shape index (κ2) is 4.85. The van der Waals surface area contributed by atoms with Crippen LogP contribution in [0.25, 0.3) is 11.3 Å². The van der Waals surface area contributed by atoms with Crippen molar-refractivity contribution in [3.63, 3.8) is 0 Å². The highest BCUT2D eigenvalue weighted by Crippen LogP contribution is 2.31. The van der Waals surface area contributed by atoms with E-state index in [0.29, 0.717) is 0 Å². The van der Waals surface area contributed by atoms with Crippen molar-refractivity contribution in [1.82, 2.24) is 4.98 Å². The van der Waals surface area contributed by atoms with E-state index in [4.69, 9.17) is 9.84 Å². The molecule has 0 aliphatic rings. The predicted molar refractivity (Wildman–Crippen MR) is 69.5 cm³/mol. The van der Waals surface area contributed by atoms with Gasteiger partial charge in [0.2, 0.25) is 0 Å². The molecule has 0 unspecified atom stereocenters. The average Bonchev–Trinajstić information content (AvgIpc) is 2.81. The smallest absolute Gasteiger partial charge is 0.122 e. The Kier molecular flexibility index (Phi) is 3.45. The molecular weight excluding hydrogens is 234 g/mol. The molecule has 0 bridgehead atoms. The molecule has 0 saturated heterocycles. The molecule has 17 heavy (non-hydrogen) atoms. The number of aliphatic hydroxyl groups excluding tert-OH is 1. The fraction of sp³-hybridized carbons (Fsp3) is 0.308. The molecule has 2 aromatic rings. The van der Waals surface area contributed by atoms with E-state index in [-0.39, 0.29) is 6.61 Å². The van der Waals surface area contributed by atoms with E-state index in [1.165, 1.54) is 16.9 Å². The van der Waals surface area contributed by atoms with Crippen LogP contribution in [-0.4, -0.2) is 17.2 Å². The summed E-state index contributed by atoms with van der Waals surface area (Å²) in [7, 11) is 1.67. The molecule has 0 aliphatic heterocycles. The molecule has 0 fully saturated rings. The number of aliphatic hydroxyl groups is 1. The highest BCUT2D eigenvalue weighted by atomic mass is 32.1. The van der Waals surface area contributed by atoms with Gasteiger partial charge in [0.1, 0.15) is 10.8 Å². The van der Waals surface area contributed by atoms with Gasteiger partial charge in [0.05, 0.1) is 19.4 Å². The molecule has 0 radical (unpaired) electrons. The fourth-order valence-corrected chi connectivity index (χ4v) is 2.45. The standard InChI is InChI=1S/C13H15NO2S/c1-8-9(2)12(16-3)5-4-10(8)11-7-17-13(6-15)14-11/h4-5,7,15H,6H2,1-3H3. The molecule has 3 nitrogen and oxygen atoms in total. The molecule has 1 heterocycles. The summed E-state index contributed by atoms with van der Waals surface area (Å²) < 4.78 is 5.29. The van der Waals surface area contributed by atoms with E-state index in [1.807, 2.05) is 24.4 Å². The van der Waals surface area contributed by atoms with E-state index in [9.17, 15) is 0 Å². The molecule has 0 saturated carbocycles. The van der Waals surface area contributed by atoms with Crippen molar-refractivity contribution in [1.29, 1.82) is 0 Å². The van der Waals surface area contributed by atoms with Crippen molar-refractivity contribution in [3.8, 4) is 17.0 Å². The summed E-state index contributed by atoms with van der Waals surface area (Å²) in [6.07, 6.45) is 0. The van der Waals surface area contributed by atoms with Crippen molar-refractivity contribution < 1.29 is 9.84 Å². The molecule has 0 atom stereocenters. The molecule has 4 heteroatoms. The minimum absolute atomic E-state index is 0.00114. The van der Waals surface area contributed by atoms with Gasteiger partial charge in [-0.05, 0) is 37.1 Å². The van der Waals surface area contributed by atoms with Gasteiger partial charge in [-0.1, -0.05) is 0 Å². The van der Waals surface area contributed by atoms with Crippen LogP contribution in [-0.2, 0) is 6.61 Å². The van der Waals surface area contributed by atoms with Crippen LogP contribution in [0.15, 0.2) is 17.5 Å². The number of methoxy groups -OCH3 is 1. The Morgan fingerprint density at radius 1 is 1.29 bits per heavy atom. The lowest BCUT2D eigenvalue weighted by Gasteiger charge is -2.10. The molecule has 2 rings (SSSR count). The third-order valence-electron chi connectivity index (χ3n) is 2.92. The summed E-state index contributed by atoms with van der Waals surface area (Å²) in [5, 5.41) is 11.7. The maximum Gasteiger partial charge on any atom is 0.122 e. The zero-order chi connectivity index (χ0) is 12.4. The summed E-state index contributed by atoms with van der Waals surface area (Å²) in [5.74, 6) is 0.892. The van der Waals surface area contributed by atoms with Gasteiger partial charge >= 0.3 is 0 Å². The van der Waals surface area contributed by atoms with Crippen LogP contribution in [0.4, 0.5) is 0 Å². The van der Waals surface area contributed by atoms with Gasteiger partial charge in [-0.2, -0.15) is 0 Å². The predicted octanol–water partition coefficient (Wildman–Crippen LogP) is 2.93. The lowest BCUT2D eigenvalue weighted by Crippen LogP contribution is -1.93. The Bertz CT molecular complexity index is 534. The van der Waals surface area contributed by atoms with Crippen LogP contribution in [0, 0.1) is 13.8 Å². The van der Waals surface area contributed by atoms with Gasteiger partial charge < -0.3 is 9.84 Å². The Balaban J connectivity index is 2.49. The molecule has 1 aromatic heterocycles. The average molecular weight is 249 g/mol. The van der Waals surface area contributed by atoms with E-state index in [2.05, 4.69) is 11.9 Å². The summed E-state index contributed by atoms with van der Waals surface area (Å²) in [5.41, 5.74) is 4.31. The van der Waals surface area contributed by atoms with Crippen LogP contribution in [0.1, 0.15) is 16.1 Å². The number of nitrogens with zero attached hydrogens (tertiary/aromatic N) is 1. The van der Waals surface area contributed by atoms with E-state index in [0.717, 1.165) is 27.6 Å². The van der Waals surface area contributed by atoms with Gasteiger partial charge in [0.15, 0.2) is 0 Å². The maximum absolute atomic E-state index is 9.03. The Morgan fingerprint density at radius 2 is 2.06 bits per heavy atom. The third kappa shape index (κ3) is 2.18. The number of rotatable bonds is 3. The molecule has 90 valence electrons. The minimum atomic E-state index is -0.00114. The van der Waals surface area contributed by atoms with Crippen molar-refractivity contribution in [3.05, 3.63) is 33.6 Å². The molecular formula is C13H15NO2S. The largest absolute Gasteiger partial charge is 0.496 e. The van der Waals surface area contributed by atoms with E-state index < -0.39 is 0 Å². The molecule has 0 spiro atoms. The zero-order valence-electron chi connectivity index (χ0n) is 10.2. The molecule has 1 N–H and O–H groups in total. The Labute approximate surface area is 105 Å². The number of benzene rings is 1.